The predicted molar refractivity (Wildman–Crippen MR) is 90.7 cm³/mol. The van der Waals surface area contributed by atoms with Crippen LogP contribution in [0.5, 0.6) is 0 Å². The maximum atomic E-state index is 12.0. The Labute approximate surface area is 134 Å². The van der Waals surface area contributed by atoms with Crippen LogP contribution in [0.3, 0.4) is 0 Å². The van der Waals surface area contributed by atoms with Crippen LogP contribution in [0, 0.1) is 0 Å². The molecule has 0 radical (unpaired) electrons. The van der Waals surface area contributed by atoms with E-state index in [1.807, 2.05) is 17.5 Å². The van der Waals surface area contributed by atoms with Crippen LogP contribution < -0.4 is 10.2 Å². The molecule has 2 heterocycles. The number of aryl methyl sites for hydroxylation is 1. The van der Waals surface area contributed by atoms with Crippen molar-refractivity contribution >= 4 is 28.6 Å². The highest BCUT2D eigenvalue weighted by molar-refractivity contribution is 7.07. The Balaban J connectivity index is 1.50. The molecule has 0 atom stereocenters. The van der Waals surface area contributed by atoms with E-state index in [2.05, 4.69) is 33.8 Å². The van der Waals surface area contributed by atoms with Gasteiger partial charge >= 0.3 is 0 Å². The molecule has 1 saturated heterocycles. The summed E-state index contributed by atoms with van der Waals surface area (Å²) in [4.78, 5) is 14.3. The Morgan fingerprint density at radius 1 is 1.18 bits per heavy atom. The van der Waals surface area contributed by atoms with Crippen molar-refractivity contribution in [1.29, 1.82) is 0 Å². The average Bonchev–Trinajstić information content (AvgIpc) is 3.08. The maximum absolute atomic E-state index is 12.0. The fourth-order valence-electron chi connectivity index (χ4n) is 2.49. The zero-order chi connectivity index (χ0) is 15.2. The molecule has 1 fully saturated rings. The van der Waals surface area contributed by atoms with Gasteiger partial charge in [-0.05, 0) is 53.1 Å². The molecule has 1 aliphatic heterocycles. The van der Waals surface area contributed by atoms with Gasteiger partial charge in [-0.2, -0.15) is 11.3 Å². The van der Waals surface area contributed by atoms with Crippen molar-refractivity contribution in [3.8, 4) is 0 Å². The van der Waals surface area contributed by atoms with Crippen LogP contribution in [0.2, 0.25) is 0 Å². The van der Waals surface area contributed by atoms with E-state index in [0.717, 1.165) is 38.4 Å². The molecule has 1 aliphatic rings. The number of carbonyl (C=O) groups is 1. The van der Waals surface area contributed by atoms with Crippen molar-refractivity contribution in [2.45, 2.75) is 12.8 Å². The third kappa shape index (κ3) is 4.08. The minimum absolute atomic E-state index is 0.0605. The van der Waals surface area contributed by atoms with Crippen molar-refractivity contribution in [2.75, 3.05) is 36.5 Å². The van der Waals surface area contributed by atoms with Gasteiger partial charge in [-0.3, -0.25) is 4.79 Å². The number of amides is 1. The summed E-state index contributed by atoms with van der Waals surface area (Å²) < 4.78 is 5.36. The van der Waals surface area contributed by atoms with E-state index in [1.165, 1.54) is 11.3 Å². The quantitative estimate of drug-likeness (QED) is 0.921. The molecule has 0 aliphatic carbocycles. The summed E-state index contributed by atoms with van der Waals surface area (Å²) in [6.45, 7) is 3.40. The molecule has 5 heteroatoms. The second-order valence-electron chi connectivity index (χ2n) is 5.33. The van der Waals surface area contributed by atoms with Crippen LogP contribution in [-0.4, -0.2) is 32.2 Å². The molecule has 0 unspecified atom stereocenters. The summed E-state index contributed by atoms with van der Waals surface area (Å²) in [5, 5.41) is 7.08. The molecule has 2 aromatic rings. The summed E-state index contributed by atoms with van der Waals surface area (Å²) in [5.41, 5.74) is 3.26. The summed E-state index contributed by atoms with van der Waals surface area (Å²) in [6, 6.07) is 10.1. The first kappa shape index (κ1) is 15.1. The molecular weight excluding hydrogens is 296 g/mol. The number of ether oxygens (including phenoxy) is 1. The minimum atomic E-state index is 0.0605. The minimum Gasteiger partial charge on any atom is -0.378 e. The molecule has 1 amide bonds. The summed E-state index contributed by atoms with van der Waals surface area (Å²) in [7, 11) is 0. The molecular formula is C17H20N2O2S. The first-order chi connectivity index (χ1) is 10.8. The highest BCUT2D eigenvalue weighted by atomic mass is 32.1. The van der Waals surface area contributed by atoms with E-state index < -0.39 is 0 Å². The lowest BCUT2D eigenvalue weighted by Gasteiger charge is -2.28. The molecule has 3 rings (SSSR count). The van der Waals surface area contributed by atoms with Gasteiger partial charge in [0, 0.05) is 30.9 Å². The van der Waals surface area contributed by atoms with Crippen LogP contribution in [0.1, 0.15) is 12.0 Å². The Kier molecular flexibility index (Phi) is 5.08. The number of carbonyl (C=O) groups excluding carboxylic acids is 1. The number of thiophene rings is 1. The van der Waals surface area contributed by atoms with Crippen LogP contribution in [-0.2, 0) is 16.0 Å². The molecule has 0 spiro atoms. The molecule has 0 saturated carbocycles. The monoisotopic (exact) mass is 316 g/mol. The summed E-state index contributed by atoms with van der Waals surface area (Å²) in [5.74, 6) is 0.0605. The van der Waals surface area contributed by atoms with E-state index in [9.17, 15) is 4.79 Å². The highest BCUT2D eigenvalue weighted by Crippen LogP contribution is 2.19. The molecule has 4 nitrogen and oxygen atoms in total. The number of nitrogens with one attached hydrogen (secondary N) is 1. The topological polar surface area (TPSA) is 41.6 Å². The third-order valence-electron chi connectivity index (χ3n) is 3.75. The van der Waals surface area contributed by atoms with Crippen LogP contribution >= 0.6 is 11.3 Å². The zero-order valence-corrected chi connectivity index (χ0v) is 13.3. The number of anilines is 2. The number of hydrogen-bond donors (Lipinski definition) is 1. The summed E-state index contributed by atoms with van der Waals surface area (Å²) >= 11 is 1.67. The van der Waals surface area contributed by atoms with Crippen LogP contribution in [0.25, 0.3) is 0 Å². The lowest BCUT2D eigenvalue weighted by Crippen LogP contribution is -2.36. The van der Waals surface area contributed by atoms with E-state index >= 15 is 0 Å². The third-order valence-corrected chi connectivity index (χ3v) is 4.48. The molecule has 22 heavy (non-hydrogen) atoms. The normalized spacial score (nSPS) is 14.8. The van der Waals surface area contributed by atoms with Gasteiger partial charge in [0.25, 0.3) is 0 Å². The smallest absolute Gasteiger partial charge is 0.224 e. The van der Waals surface area contributed by atoms with Gasteiger partial charge in [-0.15, -0.1) is 0 Å². The van der Waals surface area contributed by atoms with Crippen molar-refractivity contribution in [2.24, 2.45) is 0 Å². The molecule has 0 bridgehead atoms. The SMILES string of the molecule is O=C(CCc1ccsc1)Nc1ccc(N2CCOCC2)cc1. The van der Waals surface area contributed by atoms with Crippen LogP contribution in [0.4, 0.5) is 11.4 Å². The number of nitrogens with zero attached hydrogens (tertiary/aromatic N) is 1. The first-order valence-corrected chi connectivity index (χ1v) is 8.49. The molecule has 1 aromatic carbocycles. The number of rotatable bonds is 5. The lowest BCUT2D eigenvalue weighted by molar-refractivity contribution is -0.116. The largest absolute Gasteiger partial charge is 0.378 e. The van der Waals surface area contributed by atoms with Gasteiger partial charge in [0.15, 0.2) is 0 Å². The Morgan fingerprint density at radius 2 is 1.95 bits per heavy atom. The van der Waals surface area contributed by atoms with Gasteiger partial charge in [-0.1, -0.05) is 0 Å². The van der Waals surface area contributed by atoms with Gasteiger partial charge in [0.1, 0.15) is 0 Å². The van der Waals surface area contributed by atoms with Crippen molar-refractivity contribution in [1.82, 2.24) is 0 Å². The van der Waals surface area contributed by atoms with Gasteiger partial charge in [0.05, 0.1) is 13.2 Å². The first-order valence-electron chi connectivity index (χ1n) is 7.55. The number of hydrogen-bond acceptors (Lipinski definition) is 4. The fourth-order valence-corrected chi connectivity index (χ4v) is 3.20. The zero-order valence-electron chi connectivity index (χ0n) is 12.5. The standard InChI is InChI=1S/C17H20N2O2S/c20-17(6-1-14-7-12-22-13-14)18-15-2-4-16(5-3-15)19-8-10-21-11-9-19/h2-5,7,12-13H,1,6,8-11H2,(H,18,20). The van der Waals surface area contributed by atoms with Gasteiger partial charge in [0.2, 0.25) is 5.91 Å². The molecule has 1 N–H and O–H groups in total. The van der Waals surface area contributed by atoms with Gasteiger partial charge < -0.3 is 15.0 Å². The van der Waals surface area contributed by atoms with Crippen LogP contribution in [0.15, 0.2) is 41.1 Å². The molecule has 116 valence electrons. The maximum Gasteiger partial charge on any atom is 0.224 e. The van der Waals surface area contributed by atoms with E-state index in [0.29, 0.717) is 6.42 Å². The van der Waals surface area contributed by atoms with E-state index in [1.54, 1.807) is 11.3 Å². The Morgan fingerprint density at radius 3 is 2.64 bits per heavy atom. The van der Waals surface area contributed by atoms with Gasteiger partial charge in [-0.25, -0.2) is 0 Å². The number of benzene rings is 1. The fraction of sp³-hybridized carbons (Fsp3) is 0.353. The summed E-state index contributed by atoms with van der Waals surface area (Å²) in [6.07, 6.45) is 1.31. The number of morpholine rings is 1. The second kappa shape index (κ2) is 7.42. The highest BCUT2D eigenvalue weighted by Gasteiger charge is 2.11. The van der Waals surface area contributed by atoms with E-state index in [4.69, 9.17) is 4.74 Å². The lowest BCUT2D eigenvalue weighted by atomic mass is 10.2. The van der Waals surface area contributed by atoms with Crippen molar-refractivity contribution < 1.29 is 9.53 Å². The van der Waals surface area contributed by atoms with Crippen molar-refractivity contribution in [3.05, 3.63) is 46.7 Å². The average molecular weight is 316 g/mol. The second-order valence-corrected chi connectivity index (χ2v) is 6.11. The predicted octanol–water partition coefficient (Wildman–Crippen LogP) is 3.16. The molecule has 1 aromatic heterocycles. The van der Waals surface area contributed by atoms with Crippen molar-refractivity contribution in [3.63, 3.8) is 0 Å². The Bertz CT molecular complexity index is 590. The Hall–Kier alpha value is -1.85. The van der Waals surface area contributed by atoms with E-state index in [-0.39, 0.29) is 5.91 Å².